The Labute approximate surface area is 169 Å². The van der Waals surface area contributed by atoms with Gasteiger partial charge >= 0.3 is 0 Å². The fourth-order valence-corrected chi connectivity index (χ4v) is 5.00. The zero-order valence-electron chi connectivity index (χ0n) is 15.4. The van der Waals surface area contributed by atoms with Gasteiger partial charge in [-0.15, -0.1) is 0 Å². The molecule has 28 heavy (non-hydrogen) atoms. The van der Waals surface area contributed by atoms with Crippen LogP contribution in [0.3, 0.4) is 0 Å². The smallest absolute Gasteiger partial charge is 0.264 e. The van der Waals surface area contributed by atoms with E-state index < -0.39 is 10.1 Å². The number of thioether (sulfide) groups is 1. The van der Waals surface area contributed by atoms with E-state index in [1.165, 1.54) is 0 Å². The molecule has 0 spiro atoms. The van der Waals surface area contributed by atoms with Crippen LogP contribution in [-0.4, -0.2) is 31.0 Å². The molecule has 0 fully saturated rings. The maximum Gasteiger partial charge on any atom is 0.264 e. The molecule has 2 aliphatic rings. The number of hydrogen-bond acceptors (Lipinski definition) is 5. The van der Waals surface area contributed by atoms with Gasteiger partial charge in [0.1, 0.15) is 0 Å². The highest BCUT2D eigenvalue weighted by Crippen LogP contribution is 2.46. The Morgan fingerprint density at radius 2 is 1.86 bits per heavy atom. The lowest BCUT2D eigenvalue weighted by molar-refractivity contribution is 0.481. The number of para-hydroxylation sites is 2. The van der Waals surface area contributed by atoms with Crippen LogP contribution < -0.4 is 4.90 Å². The van der Waals surface area contributed by atoms with Gasteiger partial charge in [-0.1, -0.05) is 42.1 Å². The van der Waals surface area contributed by atoms with Gasteiger partial charge in [-0.3, -0.25) is 9.55 Å². The van der Waals surface area contributed by atoms with Crippen molar-refractivity contribution in [3.05, 3.63) is 71.3 Å². The molecule has 5 nitrogen and oxygen atoms in total. The van der Waals surface area contributed by atoms with Crippen LogP contribution >= 0.6 is 11.8 Å². The Kier molecular flexibility index (Phi) is 5.14. The standard InChI is InChI=1S/C21H20N2O3S2/c1-15-16(17-7-2-3-8-18(17)22-15)11-12-21-23(13-6-14-28(24,25)26)19-9-4-5-10-20(19)27-21/h2-5,7-12H,6,13-14H2,1H3,(H,24,25,26)/b16-11+,21-12+. The first kappa shape index (κ1) is 19.0. The van der Waals surface area contributed by atoms with Gasteiger partial charge in [0, 0.05) is 28.3 Å². The number of anilines is 1. The molecule has 2 aromatic carbocycles. The van der Waals surface area contributed by atoms with Crippen LogP contribution in [0.5, 0.6) is 0 Å². The molecule has 0 radical (unpaired) electrons. The summed E-state index contributed by atoms with van der Waals surface area (Å²) in [7, 11) is -3.96. The second-order valence-corrected chi connectivity index (χ2v) is 9.29. The Morgan fingerprint density at radius 3 is 2.68 bits per heavy atom. The van der Waals surface area contributed by atoms with Gasteiger partial charge in [-0.25, -0.2) is 0 Å². The van der Waals surface area contributed by atoms with Crippen molar-refractivity contribution in [2.24, 2.45) is 4.99 Å². The molecule has 0 saturated carbocycles. The molecular formula is C21H20N2O3S2. The number of fused-ring (bicyclic) bond motifs is 2. The molecule has 0 saturated heterocycles. The molecule has 0 unspecified atom stereocenters. The van der Waals surface area contributed by atoms with Crippen molar-refractivity contribution in [1.82, 2.24) is 0 Å². The van der Waals surface area contributed by atoms with Crippen molar-refractivity contribution in [3.63, 3.8) is 0 Å². The lowest BCUT2D eigenvalue weighted by atomic mass is 10.0. The number of allylic oxidation sites excluding steroid dienone is 3. The van der Waals surface area contributed by atoms with Crippen LogP contribution in [-0.2, 0) is 10.1 Å². The van der Waals surface area contributed by atoms with Crippen molar-refractivity contribution in [3.8, 4) is 0 Å². The SMILES string of the molecule is CC1=Nc2ccccc2/C1=C/C=C1/Sc2ccccc2N1CCCS(=O)(=O)O. The van der Waals surface area contributed by atoms with E-state index in [0.717, 1.165) is 38.1 Å². The van der Waals surface area contributed by atoms with Crippen molar-refractivity contribution in [2.45, 2.75) is 18.2 Å². The number of aliphatic imine (C=N–C) groups is 1. The second-order valence-electron chi connectivity index (χ2n) is 6.66. The third-order valence-electron chi connectivity index (χ3n) is 4.69. The Hall–Kier alpha value is -2.35. The van der Waals surface area contributed by atoms with Gasteiger partial charge in [-0.05, 0) is 43.7 Å². The summed E-state index contributed by atoms with van der Waals surface area (Å²) in [4.78, 5) is 7.86. The van der Waals surface area contributed by atoms with Gasteiger partial charge in [0.15, 0.2) is 0 Å². The van der Waals surface area contributed by atoms with Crippen molar-refractivity contribution in [2.75, 3.05) is 17.2 Å². The topological polar surface area (TPSA) is 70.0 Å². The van der Waals surface area contributed by atoms with Crippen LogP contribution in [0.2, 0.25) is 0 Å². The Balaban J connectivity index is 1.63. The third kappa shape index (κ3) is 3.92. The lowest BCUT2D eigenvalue weighted by Crippen LogP contribution is -2.21. The van der Waals surface area contributed by atoms with E-state index in [1.54, 1.807) is 11.8 Å². The molecular weight excluding hydrogens is 392 g/mol. The quantitative estimate of drug-likeness (QED) is 0.707. The molecule has 2 aliphatic heterocycles. The van der Waals surface area contributed by atoms with E-state index in [0.29, 0.717) is 13.0 Å². The first-order chi connectivity index (χ1) is 13.4. The molecule has 0 aromatic heterocycles. The molecule has 4 rings (SSSR count). The summed E-state index contributed by atoms with van der Waals surface area (Å²) in [5.74, 6) is -0.246. The minimum Gasteiger partial charge on any atom is -0.335 e. The molecule has 0 amide bonds. The molecule has 2 aromatic rings. The van der Waals surface area contributed by atoms with Gasteiger partial charge in [0.25, 0.3) is 10.1 Å². The van der Waals surface area contributed by atoms with E-state index in [1.807, 2.05) is 43.3 Å². The molecule has 1 N–H and O–H groups in total. The fraction of sp³-hybridized carbons (Fsp3) is 0.190. The monoisotopic (exact) mass is 412 g/mol. The normalized spacial score (nSPS) is 18.5. The number of rotatable bonds is 5. The maximum absolute atomic E-state index is 11.1. The average molecular weight is 413 g/mol. The van der Waals surface area contributed by atoms with Crippen molar-refractivity contribution < 1.29 is 13.0 Å². The Bertz CT molecular complexity index is 1120. The molecule has 144 valence electrons. The third-order valence-corrected chi connectivity index (χ3v) is 6.62. The van der Waals surface area contributed by atoms with E-state index >= 15 is 0 Å². The lowest BCUT2D eigenvalue weighted by Gasteiger charge is -2.20. The second kappa shape index (κ2) is 7.58. The average Bonchev–Trinajstić information content (AvgIpc) is 3.16. The van der Waals surface area contributed by atoms with Crippen LogP contribution in [0.1, 0.15) is 18.9 Å². The molecule has 0 bridgehead atoms. The zero-order chi connectivity index (χ0) is 19.7. The van der Waals surface area contributed by atoms with Crippen molar-refractivity contribution in [1.29, 1.82) is 0 Å². The summed E-state index contributed by atoms with van der Waals surface area (Å²) in [5.41, 5.74) is 5.24. The number of benzene rings is 2. The highest BCUT2D eigenvalue weighted by atomic mass is 32.2. The maximum atomic E-state index is 11.1. The van der Waals surface area contributed by atoms with Crippen LogP contribution in [0.15, 0.2) is 75.6 Å². The number of hydrogen-bond donors (Lipinski definition) is 1. The first-order valence-electron chi connectivity index (χ1n) is 8.99. The first-order valence-corrected chi connectivity index (χ1v) is 11.4. The highest BCUT2D eigenvalue weighted by Gasteiger charge is 2.25. The van der Waals surface area contributed by atoms with Crippen LogP contribution in [0, 0.1) is 0 Å². The highest BCUT2D eigenvalue weighted by molar-refractivity contribution is 8.03. The van der Waals surface area contributed by atoms with Gasteiger partial charge < -0.3 is 4.90 Å². The molecule has 2 heterocycles. The summed E-state index contributed by atoms with van der Waals surface area (Å²) >= 11 is 1.66. The summed E-state index contributed by atoms with van der Waals surface area (Å²) < 4.78 is 31.2. The van der Waals surface area contributed by atoms with Gasteiger partial charge in [-0.2, -0.15) is 8.42 Å². The van der Waals surface area contributed by atoms with E-state index in [-0.39, 0.29) is 5.75 Å². The van der Waals surface area contributed by atoms with Gasteiger partial charge in [0.2, 0.25) is 0 Å². The number of nitrogens with zero attached hydrogens (tertiary/aromatic N) is 2. The predicted octanol–water partition coefficient (Wildman–Crippen LogP) is 4.91. The Morgan fingerprint density at radius 1 is 1.11 bits per heavy atom. The molecule has 7 heteroatoms. The predicted molar refractivity (Wildman–Crippen MR) is 116 cm³/mol. The molecule has 0 aliphatic carbocycles. The minimum atomic E-state index is -3.96. The minimum absolute atomic E-state index is 0.246. The summed E-state index contributed by atoms with van der Waals surface area (Å²) in [6.45, 7) is 2.52. The summed E-state index contributed by atoms with van der Waals surface area (Å²) in [5, 5.41) is 1.03. The van der Waals surface area contributed by atoms with Crippen LogP contribution in [0.25, 0.3) is 5.57 Å². The van der Waals surface area contributed by atoms with E-state index in [2.05, 4.69) is 34.2 Å². The van der Waals surface area contributed by atoms with E-state index in [9.17, 15) is 8.42 Å². The van der Waals surface area contributed by atoms with Crippen LogP contribution in [0.4, 0.5) is 11.4 Å². The van der Waals surface area contributed by atoms with Gasteiger partial charge in [0.05, 0.1) is 22.2 Å². The molecule has 0 atom stereocenters. The fourth-order valence-electron chi connectivity index (χ4n) is 3.41. The zero-order valence-corrected chi connectivity index (χ0v) is 17.0. The van der Waals surface area contributed by atoms with E-state index in [4.69, 9.17) is 4.55 Å². The largest absolute Gasteiger partial charge is 0.335 e. The summed E-state index contributed by atoms with van der Waals surface area (Å²) in [6.07, 6.45) is 4.49. The van der Waals surface area contributed by atoms with Crippen molar-refractivity contribution >= 4 is 44.5 Å². The summed E-state index contributed by atoms with van der Waals surface area (Å²) in [6, 6.07) is 16.1.